The molecule has 41 heavy (non-hydrogen) atoms. The SMILES string of the molecule is CCCCCOc1ccc(C(=O)c2cccc3ccccc23)c2c(OC(=O)c3cccc4ccccc34)cccc12. The van der Waals surface area contributed by atoms with Crippen molar-refractivity contribution in [2.24, 2.45) is 0 Å². The topological polar surface area (TPSA) is 52.6 Å². The number of esters is 1. The number of ketones is 1. The molecular formula is C37H30O4. The molecule has 0 radical (unpaired) electrons. The average molecular weight is 539 g/mol. The lowest BCUT2D eigenvalue weighted by Gasteiger charge is -2.16. The van der Waals surface area contributed by atoms with Crippen molar-refractivity contribution in [3.63, 3.8) is 0 Å². The standard InChI is InChI=1S/C37H30O4/c1-2-3-8-24-40-33-23-22-32(36(38)29-18-9-14-25-12-4-6-16-27(25)29)35-31(33)20-11-21-34(35)41-37(39)30-19-10-15-26-13-5-7-17-28(26)30/h4-7,9-23H,2-3,8,24H2,1H3. The van der Waals surface area contributed by atoms with Crippen LogP contribution in [-0.2, 0) is 0 Å². The van der Waals surface area contributed by atoms with Gasteiger partial charge in [-0.3, -0.25) is 4.79 Å². The van der Waals surface area contributed by atoms with Crippen LogP contribution in [0.15, 0.2) is 115 Å². The maximum Gasteiger partial charge on any atom is 0.344 e. The largest absolute Gasteiger partial charge is 0.493 e. The van der Waals surface area contributed by atoms with E-state index in [1.807, 2.05) is 97.1 Å². The Labute approximate surface area is 239 Å². The average Bonchev–Trinajstić information content (AvgIpc) is 3.02. The van der Waals surface area contributed by atoms with E-state index in [0.29, 0.717) is 40.2 Å². The molecule has 0 atom stereocenters. The summed E-state index contributed by atoms with van der Waals surface area (Å²) in [7, 11) is 0. The molecule has 0 aliphatic heterocycles. The van der Waals surface area contributed by atoms with Crippen molar-refractivity contribution in [2.75, 3.05) is 6.61 Å². The summed E-state index contributed by atoms with van der Waals surface area (Å²) in [5.74, 6) is 0.363. The van der Waals surface area contributed by atoms with Crippen molar-refractivity contribution in [3.8, 4) is 11.5 Å². The van der Waals surface area contributed by atoms with Crippen molar-refractivity contribution in [2.45, 2.75) is 26.2 Å². The highest BCUT2D eigenvalue weighted by Crippen LogP contribution is 2.38. The first-order chi connectivity index (χ1) is 20.2. The molecular weight excluding hydrogens is 508 g/mol. The minimum atomic E-state index is -0.480. The van der Waals surface area contributed by atoms with Crippen LogP contribution < -0.4 is 9.47 Å². The predicted molar refractivity (Wildman–Crippen MR) is 165 cm³/mol. The van der Waals surface area contributed by atoms with Gasteiger partial charge in [-0.05, 0) is 52.2 Å². The lowest BCUT2D eigenvalue weighted by atomic mass is 9.93. The van der Waals surface area contributed by atoms with Gasteiger partial charge in [0.15, 0.2) is 5.78 Å². The number of fused-ring (bicyclic) bond motifs is 3. The van der Waals surface area contributed by atoms with Crippen LogP contribution >= 0.6 is 0 Å². The summed E-state index contributed by atoms with van der Waals surface area (Å²) in [5.41, 5.74) is 1.52. The molecule has 202 valence electrons. The molecule has 4 nitrogen and oxygen atoms in total. The molecule has 0 saturated heterocycles. The fourth-order valence-electron chi connectivity index (χ4n) is 5.41. The van der Waals surface area contributed by atoms with Gasteiger partial charge in [-0.15, -0.1) is 0 Å². The second kappa shape index (κ2) is 11.6. The zero-order valence-corrected chi connectivity index (χ0v) is 22.9. The summed E-state index contributed by atoms with van der Waals surface area (Å²) in [6.07, 6.45) is 3.10. The fraction of sp³-hybridized carbons (Fsp3) is 0.135. The Kier molecular flexibility index (Phi) is 7.46. The van der Waals surface area contributed by atoms with Crippen LogP contribution in [0.4, 0.5) is 0 Å². The maximum atomic E-state index is 14.2. The summed E-state index contributed by atoms with van der Waals surface area (Å²) in [4.78, 5) is 27.8. The molecule has 0 bridgehead atoms. The number of rotatable bonds is 9. The normalized spacial score (nSPS) is 11.1. The van der Waals surface area contributed by atoms with Crippen LogP contribution in [0.3, 0.4) is 0 Å². The molecule has 0 amide bonds. The van der Waals surface area contributed by atoms with Crippen molar-refractivity contribution in [1.29, 1.82) is 0 Å². The number of hydrogen-bond donors (Lipinski definition) is 0. The second-order valence-corrected chi connectivity index (χ2v) is 10.1. The smallest absolute Gasteiger partial charge is 0.344 e. The van der Waals surface area contributed by atoms with E-state index < -0.39 is 5.97 Å². The molecule has 0 fully saturated rings. The fourth-order valence-corrected chi connectivity index (χ4v) is 5.41. The van der Waals surface area contributed by atoms with E-state index in [2.05, 4.69) is 6.92 Å². The first kappa shape index (κ1) is 26.3. The molecule has 0 unspecified atom stereocenters. The van der Waals surface area contributed by atoms with Crippen molar-refractivity contribution >= 4 is 44.1 Å². The first-order valence-electron chi connectivity index (χ1n) is 14.1. The summed E-state index contributed by atoms with van der Waals surface area (Å²) < 4.78 is 12.3. The van der Waals surface area contributed by atoms with Crippen LogP contribution in [0.25, 0.3) is 32.3 Å². The number of benzene rings is 6. The highest BCUT2D eigenvalue weighted by Gasteiger charge is 2.22. The van der Waals surface area contributed by atoms with Gasteiger partial charge >= 0.3 is 5.97 Å². The summed E-state index contributed by atoms with van der Waals surface area (Å²) in [5, 5.41) is 4.92. The van der Waals surface area contributed by atoms with Gasteiger partial charge in [0.2, 0.25) is 0 Å². The molecule has 6 rings (SSSR count). The monoisotopic (exact) mass is 538 g/mol. The Morgan fingerprint density at radius 2 is 1.17 bits per heavy atom. The minimum Gasteiger partial charge on any atom is -0.493 e. The van der Waals surface area contributed by atoms with Crippen molar-refractivity contribution in [1.82, 2.24) is 0 Å². The summed E-state index contributed by atoms with van der Waals surface area (Å²) in [6.45, 7) is 2.72. The molecule has 0 heterocycles. The summed E-state index contributed by atoms with van der Waals surface area (Å²) >= 11 is 0. The lowest BCUT2D eigenvalue weighted by Crippen LogP contribution is -2.11. The molecule has 0 N–H and O–H groups in total. The van der Waals surface area contributed by atoms with Crippen LogP contribution in [0.5, 0.6) is 11.5 Å². The van der Waals surface area contributed by atoms with Gasteiger partial charge in [0, 0.05) is 21.9 Å². The number of hydrogen-bond acceptors (Lipinski definition) is 4. The van der Waals surface area contributed by atoms with Gasteiger partial charge in [-0.1, -0.05) is 111 Å². The Bertz CT molecular complexity index is 1890. The van der Waals surface area contributed by atoms with Crippen LogP contribution in [-0.4, -0.2) is 18.4 Å². The van der Waals surface area contributed by atoms with E-state index in [1.165, 1.54) is 0 Å². The maximum absolute atomic E-state index is 14.2. The van der Waals surface area contributed by atoms with Crippen molar-refractivity contribution in [3.05, 3.63) is 132 Å². The van der Waals surface area contributed by atoms with Crippen LogP contribution in [0.2, 0.25) is 0 Å². The van der Waals surface area contributed by atoms with E-state index in [4.69, 9.17) is 9.47 Å². The van der Waals surface area contributed by atoms with Gasteiger partial charge in [-0.25, -0.2) is 4.79 Å². The van der Waals surface area contributed by atoms with Gasteiger partial charge in [0.1, 0.15) is 11.5 Å². The Morgan fingerprint density at radius 1 is 0.561 bits per heavy atom. The Morgan fingerprint density at radius 3 is 1.90 bits per heavy atom. The zero-order valence-electron chi connectivity index (χ0n) is 22.9. The first-order valence-corrected chi connectivity index (χ1v) is 14.1. The lowest BCUT2D eigenvalue weighted by molar-refractivity contribution is 0.0738. The highest BCUT2D eigenvalue weighted by molar-refractivity contribution is 6.23. The molecule has 6 aromatic carbocycles. The van der Waals surface area contributed by atoms with Gasteiger partial charge in [-0.2, -0.15) is 0 Å². The minimum absolute atomic E-state index is 0.141. The number of carbonyl (C=O) groups excluding carboxylic acids is 2. The van der Waals surface area contributed by atoms with E-state index in [-0.39, 0.29) is 5.78 Å². The van der Waals surface area contributed by atoms with Crippen LogP contribution in [0.1, 0.15) is 52.5 Å². The molecule has 0 aromatic heterocycles. The number of carbonyl (C=O) groups is 2. The van der Waals surface area contributed by atoms with Crippen LogP contribution in [0, 0.1) is 0 Å². The van der Waals surface area contributed by atoms with Crippen molar-refractivity contribution < 1.29 is 19.1 Å². The van der Waals surface area contributed by atoms with E-state index in [1.54, 1.807) is 18.2 Å². The molecule has 0 saturated carbocycles. The van der Waals surface area contributed by atoms with E-state index in [9.17, 15) is 9.59 Å². The molecule has 6 aromatic rings. The summed E-state index contributed by atoms with van der Waals surface area (Å²) in [6, 6.07) is 36.0. The quantitative estimate of drug-likeness (QED) is 0.0797. The van der Waals surface area contributed by atoms with Gasteiger partial charge < -0.3 is 9.47 Å². The zero-order chi connectivity index (χ0) is 28.2. The van der Waals surface area contributed by atoms with E-state index in [0.717, 1.165) is 46.2 Å². The molecule has 0 aliphatic carbocycles. The third-order valence-electron chi connectivity index (χ3n) is 7.46. The van der Waals surface area contributed by atoms with Gasteiger partial charge in [0.25, 0.3) is 0 Å². The third kappa shape index (κ3) is 5.17. The predicted octanol–water partition coefficient (Wildman–Crippen LogP) is 9.17. The second-order valence-electron chi connectivity index (χ2n) is 10.1. The number of ether oxygens (including phenoxy) is 2. The van der Waals surface area contributed by atoms with E-state index >= 15 is 0 Å². The number of unbranched alkanes of at least 4 members (excludes halogenated alkanes) is 2. The molecule has 4 heteroatoms. The Hall–Kier alpha value is -4.96. The Balaban J connectivity index is 1.48. The third-order valence-corrected chi connectivity index (χ3v) is 7.46. The molecule has 0 spiro atoms. The highest BCUT2D eigenvalue weighted by atomic mass is 16.5. The molecule has 0 aliphatic rings. The van der Waals surface area contributed by atoms with Gasteiger partial charge in [0.05, 0.1) is 12.2 Å².